The largest absolute Gasteiger partial charge is 0.446 e. The molecule has 7 nitrogen and oxygen atoms in total. The van der Waals surface area contributed by atoms with Crippen molar-refractivity contribution in [2.45, 2.75) is 227 Å². The number of rotatable bonds is 28. The summed E-state index contributed by atoms with van der Waals surface area (Å²) in [7, 11) is 0. The third kappa shape index (κ3) is 15.1. The summed E-state index contributed by atoms with van der Waals surface area (Å²) < 4.78 is 6.07. The van der Waals surface area contributed by atoms with Crippen LogP contribution in [0.2, 0.25) is 0 Å². The summed E-state index contributed by atoms with van der Waals surface area (Å²) in [4.78, 5) is 37.2. The third-order valence-corrected chi connectivity index (χ3v) is 16.2. The van der Waals surface area contributed by atoms with E-state index in [4.69, 9.17) is 4.74 Å². The van der Waals surface area contributed by atoms with E-state index in [1.807, 2.05) is 6.92 Å². The molecule has 0 saturated heterocycles. The van der Waals surface area contributed by atoms with Gasteiger partial charge in [0, 0.05) is 32.5 Å². The highest BCUT2D eigenvalue weighted by molar-refractivity contribution is 5.76. The van der Waals surface area contributed by atoms with Gasteiger partial charge in [0.25, 0.3) is 0 Å². The number of nitrogens with one attached hydrogen (secondary N) is 3. The lowest BCUT2D eigenvalue weighted by atomic mass is 9.44. The lowest BCUT2D eigenvalue weighted by Crippen LogP contribution is -2.54. The summed E-state index contributed by atoms with van der Waals surface area (Å²) in [5, 5.41) is 9.08. The van der Waals surface area contributed by atoms with Crippen LogP contribution in [0.1, 0.15) is 221 Å². The molecule has 4 saturated carbocycles. The SMILES string of the molecule is CCCCCCCCC=CCCCCCCCCNC(=O)O[C@@H]1CC[C@@]2(C)C(CCC3C2CC[C@@]2(C)C3CC[C@@H]2[C@H](C)CCC(=O)NCCCCCC(=O)NCC)C1. The van der Waals surface area contributed by atoms with Crippen molar-refractivity contribution in [3.05, 3.63) is 12.2 Å². The Morgan fingerprint density at radius 2 is 1.24 bits per heavy atom. The zero-order valence-corrected chi connectivity index (χ0v) is 38.5. The second kappa shape index (κ2) is 26.3. The van der Waals surface area contributed by atoms with E-state index < -0.39 is 0 Å². The smallest absolute Gasteiger partial charge is 0.407 e. The summed E-state index contributed by atoms with van der Waals surface area (Å²) in [6.07, 6.45) is 39.0. The summed E-state index contributed by atoms with van der Waals surface area (Å²) in [6, 6.07) is 0. The van der Waals surface area contributed by atoms with Gasteiger partial charge in [0.2, 0.25) is 11.8 Å². The van der Waals surface area contributed by atoms with Crippen LogP contribution < -0.4 is 16.0 Å². The van der Waals surface area contributed by atoms with Crippen LogP contribution in [0.15, 0.2) is 12.2 Å². The van der Waals surface area contributed by atoms with Crippen molar-refractivity contribution in [3.63, 3.8) is 0 Å². The molecule has 0 aromatic rings. The van der Waals surface area contributed by atoms with E-state index in [9.17, 15) is 14.4 Å². The van der Waals surface area contributed by atoms with Crippen molar-refractivity contribution >= 4 is 17.9 Å². The van der Waals surface area contributed by atoms with Crippen LogP contribution in [-0.4, -0.2) is 43.6 Å². The minimum atomic E-state index is -0.197. The Balaban J connectivity index is 1.06. The molecular formula is C51H91N3O4. The average Bonchev–Trinajstić information content (AvgIpc) is 3.57. The number of ether oxygens (including phenoxy) is 1. The van der Waals surface area contributed by atoms with E-state index in [1.165, 1.54) is 128 Å². The van der Waals surface area contributed by atoms with Gasteiger partial charge in [0.15, 0.2) is 0 Å². The Morgan fingerprint density at radius 1 is 0.638 bits per heavy atom. The fourth-order valence-electron chi connectivity index (χ4n) is 12.8. The van der Waals surface area contributed by atoms with Crippen molar-refractivity contribution in [1.82, 2.24) is 16.0 Å². The predicted molar refractivity (Wildman–Crippen MR) is 242 cm³/mol. The minimum absolute atomic E-state index is 0.0657. The first kappa shape index (κ1) is 48.6. The maximum atomic E-state index is 12.8. The monoisotopic (exact) mass is 810 g/mol. The van der Waals surface area contributed by atoms with Gasteiger partial charge in [-0.05, 0) is 162 Å². The molecule has 9 atom stereocenters. The summed E-state index contributed by atoms with van der Waals surface area (Å²) in [6.45, 7) is 14.0. The molecule has 3 N–H and O–H groups in total. The van der Waals surface area contributed by atoms with Crippen LogP contribution in [0.4, 0.5) is 4.79 Å². The van der Waals surface area contributed by atoms with Gasteiger partial charge in [-0.25, -0.2) is 4.79 Å². The second-order valence-corrected chi connectivity index (χ2v) is 20.2. The quantitative estimate of drug-likeness (QED) is 0.0542. The molecule has 58 heavy (non-hydrogen) atoms. The zero-order valence-electron chi connectivity index (χ0n) is 38.5. The molecule has 4 aliphatic carbocycles. The highest BCUT2D eigenvalue weighted by atomic mass is 16.6. The number of allylic oxidation sites excluding steroid dienone is 2. The number of unbranched alkanes of at least 4 members (excludes halogenated alkanes) is 14. The van der Waals surface area contributed by atoms with E-state index in [1.54, 1.807) is 0 Å². The van der Waals surface area contributed by atoms with Gasteiger partial charge >= 0.3 is 6.09 Å². The molecule has 4 unspecified atom stereocenters. The van der Waals surface area contributed by atoms with Crippen LogP contribution in [0.5, 0.6) is 0 Å². The van der Waals surface area contributed by atoms with E-state index in [0.717, 1.165) is 69.2 Å². The van der Waals surface area contributed by atoms with Gasteiger partial charge in [0.05, 0.1) is 0 Å². The van der Waals surface area contributed by atoms with Crippen molar-refractivity contribution < 1.29 is 19.1 Å². The van der Waals surface area contributed by atoms with E-state index >= 15 is 0 Å². The van der Waals surface area contributed by atoms with Crippen molar-refractivity contribution in [3.8, 4) is 0 Å². The second-order valence-electron chi connectivity index (χ2n) is 20.2. The molecule has 0 aliphatic heterocycles. The van der Waals surface area contributed by atoms with Crippen LogP contribution in [-0.2, 0) is 14.3 Å². The standard InChI is InChI=1S/C51H91N3O4/c1-6-8-9-10-11-12-13-14-15-16-17-18-19-20-21-24-38-54-49(57)58-42-33-35-50(4)41(39-42)28-29-43-45-31-30-44(51(45,5)36-34-46(43)50)40(3)27-32-48(56)53-37-25-22-23-26-47(55)52-7-2/h14-15,40-46H,6-13,16-39H2,1-5H3,(H,52,55)(H,53,56)(H,54,57)/t40-,41?,42-,43?,44-,45?,46?,50+,51-/m1/s1. The lowest BCUT2D eigenvalue weighted by Gasteiger charge is -2.61. The average molecular weight is 810 g/mol. The molecular weight excluding hydrogens is 719 g/mol. The van der Waals surface area contributed by atoms with Crippen LogP contribution in [0.3, 0.4) is 0 Å². The molecule has 4 aliphatic rings. The Morgan fingerprint density at radius 3 is 1.95 bits per heavy atom. The number of hydrogen-bond donors (Lipinski definition) is 3. The fraction of sp³-hybridized carbons (Fsp3) is 0.902. The number of alkyl carbamates (subject to hydrolysis) is 1. The molecule has 0 aromatic heterocycles. The van der Waals surface area contributed by atoms with Gasteiger partial charge in [-0.2, -0.15) is 0 Å². The van der Waals surface area contributed by atoms with Crippen molar-refractivity contribution in [1.29, 1.82) is 0 Å². The van der Waals surface area contributed by atoms with Crippen molar-refractivity contribution in [2.75, 3.05) is 19.6 Å². The van der Waals surface area contributed by atoms with Gasteiger partial charge in [-0.15, -0.1) is 0 Å². The topological polar surface area (TPSA) is 96.5 Å². The first-order chi connectivity index (χ1) is 28.1. The van der Waals surface area contributed by atoms with Crippen LogP contribution in [0.25, 0.3) is 0 Å². The van der Waals surface area contributed by atoms with E-state index in [0.29, 0.717) is 54.5 Å². The summed E-state index contributed by atoms with van der Waals surface area (Å²) in [5.74, 6) is 4.70. The fourth-order valence-corrected chi connectivity index (χ4v) is 12.8. The molecule has 0 heterocycles. The highest BCUT2D eigenvalue weighted by Crippen LogP contribution is 2.68. The first-order valence-corrected chi connectivity index (χ1v) is 25.2. The molecule has 4 rings (SSSR count). The van der Waals surface area contributed by atoms with E-state index in [-0.39, 0.29) is 24.0 Å². The molecule has 0 radical (unpaired) electrons. The number of carbonyl (C=O) groups is 3. The first-order valence-electron chi connectivity index (χ1n) is 25.2. The van der Waals surface area contributed by atoms with Gasteiger partial charge in [-0.1, -0.05) is 104 Å². The van der Waals surface area contributed by atoms with Crippen molar-refractivity contribution in [2.24, 2.45) is 46.3 Å². The Kier molecular flexibility index (Phi) is 22.1. The molecule has 3 amide bonds. The summed E-state index contributed by atoms with van der Waals surface area (Å²) in [5.41, 5.74) is 0.765. The maximum Gasteiger partial charge on any atom is 0.407 e. The number of fused-ring (bicyclic) bond motifs is 5. The molecule has 0 aromatic carbocycles. The summed E-state index contributed by atoms with van der Waals surface area (Å²) >= 11 is 0. The highest BCUT2D eigenvalue weighted by Gasteiger charge is 2.60. The molecule has 7 heteroatoms. The minimum Gasteiger partial charge on any atom is -0.446 e. The molecule has 4 fully saturated rings. The van der Waals surface area contributed by atoms with Gasteiger partial charge in [0.1, 0.15) is 6.10 Å². The maximum absolute atomic E-state index is 12.8. The lowest BCUT2D eigenvalue weighted by molar-refractivity contribution is -0.130. The van der Waals surface area contributed by atoms with Crippen LogP contribution in [0, 0.1) is 46.3 Å². The van der Waals surface area contributed by atoms with E-state index in [2.05, 4.69) is 55.8 Å². The predicted octanol–water partition coefficient (Wildman–Crippen LogP) is 13.0. The number of amides is 3. The van der Waals surface area contributed by atoms with Gasteiger partial charge < -0.3 is 20.7 Å². The Bertz CT molecular complexity index is 1220. The molecule has 0 spiro atoms. The Labute approximate surface area is 357 Å². The van der Waals surface area contributed by atoms with Gasteiger partial charge in [-0.3, -0.25) is 9.59 Å². The third-order valence-electron chi connectivity index (χ3n) is 16.2. The molecule has 0 bridgehead atoms. The Hall–Kier alpha value is -2.05. The van der Waals surface area contributed by atoms with Crippen LogP contribution >= 0.6 is 0 Å². The zero-order chi connectivity index (χ0) is 41.6. The molecule has 334 valence electrons. The normalized spacial score (nSPS) is 29.6. The number of carbonyl (C=O) groups excluding carboxylic acids is 3. The number of hydrogen-bond acceptors (Lipinski definition) is 4.